The number of aliphatic hydroxyl groups is 1. The lowest BCUT2D eigenvalue weighted by Crippen LogP contribution is -2.44. The number of rotatable bonds is 11. The second-order valence-electron chi connectivity index (χ2n) is 14.7. The fourth-order valence-corrected chi connectivity index (χ4v) is 7.83. The molecule has 0 amide bonds. The maximum Gasteiger partial charge on any atom is 0.219 e. The fourth-order valence-electron chi connectivity index (χ4n) is 7.83. The summed E-state index contributed by atoms with van der Waals surface area (Å²) in [4.78, 5) is 9.78. The van der Waals surface area contributed by atoms with Crippen LogP contribution in [-0.2, 0) is 18.9 Å². The number of amidine groups is 1. The maximum atomic E-state index is 11.4. The largest absolute Gasteiger partial charge is 0.495 e. The molecular formula is C36H59N5O5. The van der Waals surface area contributed by atoms with Gasteiger partial charge in [-0.25, -0.2) is 0 Å². The molecule has 1 aliphatic carbocycles. The van der Waals surface area contributed by atoms with E-state index < -0.39 is 6.23 Å². The lowest BCUT2D eigenvalue weighted by molar-refractivity contribution is -0.0751. The minimum atomic E-state index is -0.932. The highest BCUT2D eigenvalue weighted by Gasteiger charge is 2.53. The number of hydrogen-bond donors (Lipinski definition) is 3. The first-order valence-corrected chi connectivity index (χ1v) is 17.3. The lowest BCUT2D eigenvalue weighted by atomic mass is 9.71. The summed E-state index contributed by atoms with van der Waals surface area (Å²) in [5.74, 6) is 2.68. The standard InChI is InChI=1S/C36H59N5O5/c1-24-21-27-28(36(4,5)46-35(27,2)3)23-25(24)22-26-13-14-30(45-26)33(42)39-32-29(43-7)11-9-12-31(38-34(32)44-8)37-15-10-16-41-19-17-40(6)18-20-41/h11,21,23,26-28,30,33,39,42H,9-10,12-20,22H2,1-8H3,(H,37,38). The van der Waals surface area contributed by atoms with E-state index in [1.54, 1.807) is 14.2 Å². The Morgan fingerprint density at radius 1 is 1.07 bits per heavy atom. The van der Waals surface area contributed by atoms with Crippen LogP contribution in [0.3, 0.4) is 0 Å². The summed E-state index contributed by atoms with van der Waals surface area (Å²) < 4.78 is 24.5. The van der Waals surface area contributed by atoms with Crippen LogP contribution in [0.5, 0.6) is 0 Å². The van der Waals surface area contributed by atoms with E-state index in [4.69, 9.17) is 23.9 Å². The molecule has 5 unspecified atom stereocenters. The average molecular weight is 642 g/mol. The number of nitrogens with zero attached hydrogens (tertiary/aromatic N) is 3. The van der Waals surface area contributed by atoms with Crippen molar-refractivity contribution in [2.24, 2.45) is 16.8 Å². The topological polar surface area (TPSA) is 100 Å². The molecule has 0 aromatic carbocycles. The van der Waals surface area contributed by atoms with Gasteiger partial charge >= 0.3 is 0 Å². The van der Waals surface area contributed by atoms with Gasteiger partial charge < -0.3 is 44.5 Å². The molecule has 4 heterocycles. The van der Waals surface area contributed by atoms with Crippen LogP contribution < -0.4 is 10.6 Å². The third-order valence-corrected chi connectivity index (χ3v) is 10.5. The molecule has 0 radical (unpaired) electrons. The summed E-state index contributed by atoms with van der Waals surface area (Å²) >= 11 is 0. The molecule has 5 atom stereocenters. The van der Waals surface area contributed by atoms with Crippen molar-refractivity contribution in [3.8, 4) is 0 Å². The van der Waals surface area contributed by atoms with Gasteiger partial charge in [0, 0.05) is 51.0 Å². The first-order chi connectivity index (χ1) is 21.9. The summed E-state index contributed by atoms with van der Waals surface area (Å²) in [7, 11) is 5.44. The molecule has 3 saturated heterocycles. The van der Waals surface area contributed by atoms with E-state index >= 15 is 0 Å². The normalized spacial score (nSPS) is 31.7. The van der Waals surface area contributed by atoms with E-state index in [0.717, 1.165) is 83.6 Å². The number of methoxy groups -OCH3 is 2. The molecule has 5 rings (SSSR count). The maximum absolute atomic E-state index is 11.4. The number of aliphatic imine (C=N–C) groups is 1. The molecule has 10 nitrogen and oxygen atoms in total. The Labute approximate surface area is 276 Å². The SMILES string of the molecule is COC1=CCCC(=NCCCN2CCN(C)CC2)NC(OC)=C1NC(O)C1CCC(CC2=CC3C(C=C2C)C(C)(C)OC3(C)C)O1. The smallest absolute Gasteiger partial charge is 0.219 e. The van der Waals surface area contributed by atoms with Crippen molar-refractivity contribution in [3.63, 3.8) is 0 Å². The van der Waals surface area contributed by atoms with Gasteiger partial charge in [0.05, 0.1) is 31.5 Å². The summed E-state index contributed by atoms with van der Waals surface area (Å²) in [5.41, 5.74) is 2.81. The number of hydrogen-bond acceptors (Lipinski definition) is 9. The van der Waals surface area contributed by atoms with Crippen LogP contribution in [0.4, 0.5) is 0 Å². The summed E-state index contributed by atoms with van der Waals surface area (Å²) in [6, 6.07) is 0. The molecule has 46 heavy (non-hydrogen) atoms. The van der Waals surface area contributed by atoms with Gasteiger partial charge in [-0.1, -0.05) is 17.7 Å². The number of allylic oxidation sites excluding steroid dienone is 2. The van der Waals surface area contributed by atoms with Gasteiger partial charge in [0.25, 0.3) is 0 Å². The third-order valence-electron chi connectivity index (χ3n) is 10.5. The van der Waals surface area contributed by atoms with Crippen LogP contribution in [0.1, 0.15) is 73.1 Å². The lowest BCUT2D eigenvalue weighted by Gasteiger charge is -2.32. The Balaban J connectivity index is 1.19. The van der Waals surface area contributed by atoms with Crippen LogP contribution in [0.2, 0.25) is 0 Å². The van der Waals surface area contributed by atoms with Gasteiger partial charge in [0.15, 0.2) is 6.23 Å². The van der Waals surface area contributed by atoms with Crippen LogP contribution in [0, 0.1) is 11.8 Å². The molecular weight excluding hydrogens is 582 g/mol. The zero-order chi connectivity index (χ0) is 33.1. The Kier molecular flexibility index (Phi) is 11.3. The van der Waals surface area contributed by atoms with E-state index in [1.807, 2.05) is 6.08 Å². The molecule has 3 fully saturated rings. The predicted octanol–water partition coefficient (Wildman–Crippen LogP) is 4.30. The number of likely N-dealkylation sites (N-methyl/N-ethyl adjacent to an activating group) is 1. The van der Waals surface area contributed by atoms with Crippen molar-refractivity contribution in [2.75, 3.05) is 60.5 Å². The monoisotopic (exact) mass is 641 g/mol. The summed E-state index contributed by atoms with van der Waals surface area (Å²) in [6.45, 7) is 17.3. The predicted molar refractivity (Wildman–Crippen MR) is 182 cm³/mol. The van der Waals surface area contributed by atoms with Gasteiger partial charge in [0.1, 0.15) is 23.4 Å². The van der Waals surface area contributed by atoms with E-state index in [1.165, 1.54) is 11.1 Å². The van der Waals surface area contributed by atoms with Crippen molar-refractivity contribution < 1.29 is 24.1 Å². The second kappa shape index (κ2) is 14.8. The van der Waals surface area contributed by atoms with Gasteiger partial charge in [-0.05, 0) is 92.0 Å². The molecule has 5 aliphatic rings. The Morgan fingerprint density at radius 2 is 1.78 bits per heavy atom. The first kappa shape index (κ1) is 35.0. The van der Waals surface area contributed by atoms with Crippen molar-refractivity contribution in [3.05, 3.63) is 46.7 Å². The molecule has 10 heteroatoms. The number of fused-ring (bicyclic) bond motifs is 1. The van der Waals surface area contributed by atoms with Crippen LogP contribution >= 0.6 is 0 Å². The van der Waals surface area contributed by atoms with Gasteiger partial charge in [-0.2, -0.15) is 0 Å². The molecule has 258 valence electrons. The van der Waals surface area contributed by atoms with Crippen molar-refractivity contribution >= 4 is 5.84 Å². The molecule has 3 N–H and O–H groups in total. The van der Waals surface area contributed by atoms with E-state index in [2.05, 4.69) is 74.3 Å². The minimum absolute atomic E-state index is 0.0411. The van der Waals surface area contributed by atoms with Crippen molar-refractivity contribution in [1.29, 1.82) is 0 Å². The van der Waals surface area contributed by atoms with E-state index in [9.17, 15) is 5.11 Å². The van der Waals surface area contributed by atoms with Crippen LogP contribution in [-0.4, -0.2) is 111 Å². The quantitative estimate of drug-likeness (QED) is 0.225. The minimum Gasteiger partial charge on any atom is -0.495 e. The molecule has 0 spiro atoms. The Hall–Kier alpha value is -2.37. The van der Waals surface area contributed by atoms with Gasteiger partial charge in [-0.3, -0.25) is 4.99 Å². The highest BCUT2D eigenvalue weighted by molar-refractivity contribution is 5.84. The second-order valence-corrected chi connectivity index (χ2v) is 14.7. The van der Waals surface area contributed by atoms with Crippen LogP contribution in [0.25, 0.3) is 0 Å². The average Bonchev–Trinajstić information content (AvgIpc) is 3.54. The summed E-state index contributed by atoms with van der Waals surface area (Å²) in [6.07, 6.45) is 10.6. The van der Waals surface area contributed by atoms with E-state index in [0.29, 0.717) is 29.2 Å². The zero-order valence-corrected chi connectivity index (χ0v) is 29.5. The molecule has 0 aromatic rings. The Morgan fingerprint density at radius 3 is 2.48 bits per heavy atom. The van der Waals surface area contributed by atoms with Crippen molar-refractivity contribution in [2.45, 2.75) is 103 Å². The number of ether oxygens (including phenoxy) is 4. The fraction of sp³-hybridized carbons (Fsp3) is 0.750. The van der Waals surface area contributed by atoms with E-state index in [-0.39, 0.29) is 23.4 Å². The van der Waals surface area contributed by atoms with Crippen molar-refractivity contribution in [1.82, 2.24) is 20.4 Å². The summed E-state index contributed by atoms with van der Waals surface area (Å²) in [5, 5.41) is 18.0. The molecule has 4 aliphatic heterocycles. The zero-order valence-electron chi connectivity index (χ0n) is 29.5. The third kappa shape index (κ3) is 8.19. The Bertz CT molecular complexity index is 1230. The van der Waals surface area contributed by atoms with Crippen LogP contribution in [0.15, 0.2) is 51.7 Å². The number of nitrogens with one attached hydrogen (secondary N) is 2. The number of aliphatic hydroxyl groups excluding tert-OH is 1. The molecule has 0 aromatic heterocycles. The first-order valence-electron chi connectivity index (χ1n) is 17.3. The molecule has 0 bridgehead atoms. The highest BCUT2D eigenvalue weighted by atomic mass is 16.5. The highest BCUT2D eigenvalue weighted by Crippen LogP contribution is 2.51. The van der Waals surface area contributed by atoms with Gasteiger partial charge in [-0.15, -0.1) is 0 Å². The van der Waals surface area contributed by atoms with Gasteiger partial charge in [0.2, 0.25) is 5.88 Å². The molecule has 0 saturated carbocycles. The number of piperazine rings is 1.